The van der Waals surface area contributed by atoms with Gasteiger partial charge in [-0.3, -0.25) is 0 Å². The summed E-state index contributed by atoms with van der Waals surface area (Å²) in [5.41, 5.74) is 2.30. The summed E-state index contributed by atoms with van der Waals surface area (Å²) >= 11 is 0. The second-order valence-corrected chi connectivity index (χ2v) is 5.11. The van der Waals surface area contributed by atoms with Crippen LogP contribution in [0.25, 0.3) is 0 Å². The van der Waals surface area contributed by atoms with Gasteiger partial charge in [0.15, 0.2) is 0 Å². The second-order valence-electron chi connectivity index (χ2n) is 5.11. The number of hydrogen-bond acceptors (Lipinski definition) is 1. The Morgan fingerprint density at radius 3 is 2.25 bits per heavy atom. The molecule has 0 heterocycles. The molecule has 0 bridgehead atoms. The van der Waals surface area contributed by atoms with E-state index in [-0.39, 0.29) is 17.9 Å². The van der Waals surface area contributed by atoms with Gasteiger partial charge in [-0.2, -0.15) is 0 Å². The van der Waals surface area contributed by atoms with Gasteiger partial charge in [0.25, 0.3) is 0 Å². The van der Waals surface area contributed by atoms with Crippen LogP contribution in [0, 0.1) is 11.3 Å². The van der Waals surface area contributed by atoms with Gasteiger partial charge in [0.05, 0.1) is 6.61 Å². The molecular formula is C15H26O. The number of aliphatic hydroxyl groups excluding tert-OH is 1. The summed E-state index contributed by atoms with van der Waals surface area (Å²) in [6.45, 7) is 16.3. The number of rotatable bonds is 7. The van der Waals surface area contributed by atoms with Crippen LogP contribution in [0.1, 0.15) is 40.5 Å². The van der Waals surface area contributed by atoms with Gasteiger partial charge in [-0.1, -0.05) is 36.8 Å². The third kappa shape index (κ3) is 4.36. The van der Waals surface area contributed by atoms with Gasteiger partial charge in [0.2, 0.25) is 0 Å². The monoisotopic (exact) mass is 222 g/mol. The summed E-state index contributed by atoms with van der Waals surface area (Å²) in [6, 6.07) is 0. The van der Waals surface area contributed by atoms with E-state index in [1.807, 2.05) is 13.0 Å². The van der Waals surface area contributed by atoms with E-state index in [2.05, 4.69) is 40.0 Å². The van der Waals surface area contributed by atoms with Crippen molar-refractivity contribution in [3.8, 4) is 0 Å². The molecule has 0 saturated carbocycles. The van der Waals surface area contributed by atoms with Crippen molar-refractivity contribution in [2.75, 3.05) is 6.61 Å². The molecule has 0 unspecified atom stereocenters. The van der Waals surface area contributed by atoms with Gasteiger partial charge in [-0.25, -0.2) is 0 Å². The molecular weight excluding hydrogens is 196 g/mol. The Kier molecular flexibility index (Phi) is 6.35. The highest BCUT2D eigenvalue weighted by molar-refractivity contribution is 5.10. The minimum atomic E-state index is -0.0630. The summed E-state index contributed by atoms with van der Waals surface area (Å²) in [5.74, 6) is 0.107. The largest absolute Gasteiger partial charge is 0.396 e. The van der Waals surface area contributed by atoms with Crippen molar-refractivity contribution in [3.05, 3.63) is 36.5 Å². The number of allylic oxidation sites excluding steroid dienone is 3. The summed E-state index contributed by atoms with van der Waals surface area (Å²) in [7, 11) is 0. The Balaban J connectivity index is 4.69. The van der Waals surface area contributed by atoms with Gasteiger partial charge < -0.3 is 5.11 Å². The quantitative estimate of drug-likeness (QED) is 0.643. The molecule has 16 heavy (non-hydrogen) atoms. The smallest absolute Gasteiger partial charge is 0.0504 e. The predicted molar refractivity (Wildman–Crippen MR) is 72.4 cm³/mol. The normalized spacial score (nSPS) is 16.1. The van der Waals surface area contributed by atoms with Crippen LogP contribution in [0.3, 0.4) is 0 Å². The first-order chi connectivity index (χ1) is 7.37. The standard InChI is InChI=1S/C15H26O/c1-7-15(6,10-8-9-12(2)3)14(11-16)13(4)5/h7,9,14,16H,1,4,8,10-11H2,2-3,5-6H3/t14-,15+/m0/s1. The lowest BCUT2D eigenvalue weighted by atomic mass is 9.71. The summed E-state index contributed by atoms with van der Waals surface area (Å²) < 4.78 is 0. The molecule has 0 amide bonds. The molecule has 0 aliphatic carbocycles. The van der Waals surface area contributed by atoms with E-state index < -0.39 is 0 Å². The van der Waals surface area contributed by atoms with E-state index in [0.29, 0.717) is 0 Å². The maximum atomic E-state index is 9.45. The summed E-state index contributed by atoms with van der Waals surface area (Å²) in [4.78, 5) is 0. The van der Waals surface area contributed by atoms with Crippen LogP contribution in [0.2, 0.25) is 0 Å². The molecule has 0 aromatic carbocycles. The van der Waals surface area contributed by atoms with Gasteiger partial charge in [-0.05, 0) is 39.0 Å². The molecule has 92 valence electrons. The first kappa shape index (κ1) is 15.2. The van der Waals surface area contributed by atoms with E-state index in [1.165, 1.54) is 5.57 Å². The third-order valence-corrected chi connectivity index (χ3v) is 3.28. The van der Waals surface area contributed by atoms with E-state index in [9.17, 15) is 5.11 Å². The van der Waals surface area contributed by atoms with Crippen molar-refractivity contribution in [2.45, 2.75) is 40.5 Å². The summed E-state index contributed by atoms with van der Waals surface area (Å²) in [6.07, 6.45) is 6.21. The minimum Gasteiger partial charge on any atom is -0.396 e. The lowest BCUT2D eigenvalue weighted by Gasteiger charge is -2.34. The molecule has 0 spiro atoms. The minimum absolute atomic E-state index is 0.0630. The number of hydrogen-bond donors (Lipinski definition) is 1. The van der Waals surface area contributed by atoms with Gasteiger partial charge >= 0.3 is 0 Å². The lowest BCUT2D eigenvalue weighted by Crippen LogP contribution is -2.28. The molecule has 2 atom stereocenters. The highest BCUT2D eigenvalue weighted by Crippen LogP contribution is 2.37. The zero-order valence-corrected chi connectivity index (χ0v) is 11.2. The van der Waals surface area contributed by atoms with Crippen LogP contribution in [-0.4, -0.2) is 11.7 Å². The molecule has 1 N–H and O–H groups in total. The molecule has 0 aromatic heterocycles. The van der Waals surface area contributed by atoms with Gasteiger partial charge in [-0.15, -0.1) is 6.58 Å². The SMILES string of the molecule is C=C[C@](C)(CCC=C(C)C)[C@@H](CO)C(=C)C. The van der Waals surface area contributed by atoms with Gasteiger partial charge in [0.1, 0.15) is 0 Å². The van der Waals surface area contributed by atoms with Crippen LogP contribution in [0.15, 0.2) is 36.5 Å². The van der Waals surface area contributed by atoms with Crippen LogP contribution >= 0.6 is 0 Å². The van der Waals surface area contributed by atoms with Crippen molar-refractivity contribution in [1.29, 1.82) is 0 Å². The van der Waals surface area contributed by atoms with Crippen molar-refractivity contribution in [3.63, 3.8) is 0 Å². The zero-order valence-electron chi connectivity index (χ0n) is 11.2. The van der Waals surface area contributed by atoms with E-state index in [0.717, 1.165) is 18.4 Å². The van der Waals surface area contributed by atoms with Crippen LogP contribution < -0.4 is 0 Å². The third-order valence-electron chi connectivity index (χ3n) is 3.28. The topological polar surface area (TPSA) is 20.2 Å². The van der Waals surface area contributed by atoms with Crippen LogP contribution in [0.4, 0.5) is 0 Å². The van der Waals surface area contributed by atoms with Crippen LogP contribution in [0.5, 0.6) is 0 Å². The molecule has 0 radical (unpaired) electrons. The average Bonchev–Trinajstić information content (AvgIpc) is 2.17. The Morgan fingerprint density at radius 1 is 1.38 bits per heavy atom. The molecule has 0 fully saturated rings. The molecule has 0 aliphatic heterocycles. The van der Waals surface area contributed by atoms with Crippen molar-refractivity contribution < 1.29 is 5.11 Å². The van der Waals surface area contributed by atoms with Gasteiger partial charge in [0, 0.05) is 5.92 Å². The zero-order chi connectivity index (χ0) is 12.8. The number of aliphatic hydroxyl groups is 1. The fourth-order valence-electron chi connectivity index (χ4n) is 2.02. The molecule has 1 heteroatoms. The van der Waals surface area contributed by atoms with E-state index >= 15 is 0 Å². The van der Waals surface area contributed by atoms with E-state index in [1.54, 1.807) is 0 Å². The maximum Gasteiger partial charge on any atom is 0.0504 e. The van der Waals surface area contributed by atoms with Crippen molar-refractivity contribution >= 4 is 0 Å². The van der Waals surface area contributed by atoms with Crippen molar-refractivity contribution in [1.82, 2.24) is 0 Å². The highest BCUT2D eigenvalue weighted by atomic mass is 16.3. The second kappa shape index (κ2) is 6.70. The van der Waals surface area contributed by atoms with Crippen molar-refractivity contribution in [2.24, 2.45) is 11.3 Å². The first-order valence-electron chi connectivity index (χ1n) is 5.90. The average molecular weight is 222 g/mol. The van der Waals surface area contributed by atoms with E-state index in [4.69, 9.17) is 0 Å². The molecule has 1 nitrogen and oxygen atoms in total. The molecule has 0 saturated heterocycles. The fraction of sp³-hybridized carbons (Fsp3) is 0.600. The first-order valence-corrected chi connectivity index (χ1v) is 5.90. The Labute approximate surface area is 101 Å². The molecule has 0 rings (SSSR count). The fourth-order valence-corrected chi connectivity index (χ4v) is 2.02. The predicted octanol–water partition coefficient (Wildman–Crippen LogP) is 4.11. The summed E-state index contributed by atoms with van der Waals surface area (Å²) in [5, 5.41) is 9.45. The molecule has 0 aromatic rings. The highest BCUT2D eigenvalue weighted by Gasteiger charge is 2.30. The Morgan fingerprint density at radius 2 is 1.94 bits per heavy atom. The lowest BCUT2D eigenvalue weighted by molar-refractivity contribution is 0.159. The maximum absolute atomic E-state index is 9.45. The molecule has 0 aliphatic rings. The Bertz CT molecular complexity index is 271. The Hall–Kier alpha value is -0.820. The van der Waals surface area contributed by atoms with Crippen LogP contribution in [-0.2, 0) is 0 Å².